The van der Waals surface area contributed by atoms with E-state index in [1.807, 2.05) is 11.8 Å². The molecule has 0 saturated carbocycles. The predicted octanol–water partition coefficient (Wildman–Crippen LogP) is 0.666. The molecule has 1 fully saturated rings. The van der Waals surface area contributed by atoms with Gasteiger partial charge < -0.3 is 10.6 Å². The van der Waals surface area contributed by atoms with Gasteiger partial charge in [-0.15, -0.1) is 0 Å². The molecule has 3 N–H and O–H groups in total. The summed E-state index contributed by atoms with van der Waals surface area (Å²) in [5.74, 6) is 0.465. The fourth-order valence-corrected chi connectivity index (χ4v) is 3.44. The number of hydrogen-bond acceptors (Lipinski definition) is 4. The minimum Gasteiger partial charge on any atom is -0.343 e. The number of carbonyl (C=O) groups is 1. The number of amides is 1. The minimum atomic E-state index is -0.319. The average molecular weight is 344 g/mol. The number of nitrogens with zero attached hydrogens (tertiary/aromatic N) is 2. The first-order chi connectivity index (χ1) is 12.0. The molecule has 2 aromatic rings. The second kappa shape index (κ2) is 7.23. The Morgan fingerprint density at radius 2 is 1.88 bits per heavy atom. The molecule has 7 heteroatoms. The van der Waals surface area contributed by atoms with E-state index in [0.29, 0.717) is 29.8 Å². The van der Waals surface area contributed by atoms with Crippen molar-refractivity contribution in [1.82, 2.24) is 14.7 Å². The Labute approximate surface area is 145 Å². The highest BCUT2D eigenvalue weighted by atomic mass is 16.2. The van der Waals surface area contributed by atoms with Gasteiger partial charge in [-0.05, 0) is 37.8 Å². The van der Waals surface area contributed by atoms with E-state index in [2.05, 4.69) is 5.10 Å². The maximum atomic E-state index is 12.4. The van der Waals surface area contributed by atoms with Crippen LogP contribution in [0.5, 0.6) is 0 Å². The van der Waals surface area contributed by atoms with Gasteiger partial charge in [0.15, 0.2) is 0 Å². The second-order valence-electron chi connectivity index (χ2n) is 6.77. The van der Waals surface area contributed by atoms with Crippen molar-refractivity contribution in [3.8, 4) is 0 Å². The number of aryl methyl sites for hydroxylation is 1. The Morgan fingerprint density at radius 3 is 2.52 bits per heavy atom. The zero-order valence-corrected chi connectivity index (χ0v) is 14.4. The van der Waals surface area contributed by atoms with Gasteiger partial charge in [0.2, 0.25) is 5.91 Å². The van der Waals surface area contributed by atoms with Crippen molar-refractivity contribution in [2.45, 2.75) is 38.8 Å². The molecular weight excluding hydrogens is 320 g/mol. The molecule has 0 bridgehead atoms. The largest absolute Gasteiger partial charge is 0.343 e. The second-order valence-corrected chi connectivity index (χ2v) is 6.77. The Kier molecular flexibility index (Phi) is 5.03. The summed E-state index contributed by atoms with van der Waals surface area (Å²) >= 11 is 0. The zero-order valence-electron chi connectivity index (χ0n) is 14.4. The van der Waals surface area contributed by atoms with Crippen LogP contribution in [0.25, 0.3) is 10.8 Å². The molecule has 25 heavy (non-hydrogen) atoms. The number of nitrogens with two attached hydrogens (primary N) is 1. The molecule has 1 amide bonds. The van der Waals surface area contributed by atoms with Gasteiger partial charge >= 0.3 is 0 Å². The summed E-state index contributed by atoms with van der Waals surface area (Å²) in [5.41, 5.74) is 5.33. The van der Waals surface area contributed by atoms with Crippen molar-refractivity contribution in [2.75, 3.05) is 13.1 Å². The smallest absolute Gasteiger partial charge is 0.273 e. The standard InChI is InChI=1S/C18H24N4O3/c1-12(19)13-6-9-21(10-7-13)16(23)8-11-22-18(25)15-5-3-2-4-14(15)17(24)20-22/h2-5,12-13H,6-11,19H2,1H3,(H,20,24). The van der Waals surface area contributed by atoms with Gasteiger partial charge in [-0.3, -0.25) is 19.5 Å². The summed E-state index contributed by atoms with van der Waals surface area (Å²) in [6.07, 6.45) is 2.02. The van der Waals surface area contributed by atoms with Crippen molar-refractivity contribution < 1.29 is 4.79 Å². The first-order valence-corrected chi connectivity index (χ1v) is 8.72. The molecule has 1 unspecified atom stereocenters. The Morgan fingerprint density at radius 1 is 1.24 bits per heavy atom. The van der Waals surface area contributed by atoms with Gasteiger partial charge in [0, 0.05) is 25.6 Å². The van der Waals surface area contributed by atoms with Crippen molar-refractivity contribution in [3.63, 3.8) is 0 Å². The molecular formula is C18H24N4O3. The molecule has 134 valence electrons. The molecule has 7 nitrogen and oxygen atoms in total. The van der Waals surface area contributed by atoms with Crippen molar-refractivity contribution in [1.29, 1.82) is 0 Å². The van der Waals surface area contributed by atoms with Crippen LogP contribution in [0.3, 0.4) is 0 Å². The maximum Gasteiger partial charge on any atom is 0.273 e. The van der Waals surface area contributed by atoms with Gasteiger partial charge in [0.25, 0.3) is 11.1 Å². The minimum absolute atomic E-state index is 0.00373. The Balaban J connectivity index is 1.67. The highest BCUT2D eigenvalue weighted by Gasteiger charge is 2.24. The van der Waals surface area contributed by atoms with E-state index >= 15 is 0 Å². The molecule has 0 radical (unpaired) electrons. The molecule has 1 atom stereocenters. The molecule has 1 aromatic heterocycles. The molecule has 0 aliphatic carbocycles. The molecule has 2 heterocycles. The van der Waals surface area contributed by atoms with E-state index in [0.717, 1.165) is 12.8 Å². The van der Waals surface area contributed by atoms with Gasteiger partial charge in [0.1, 0.15) is 0 Å². The summed E-state index contributed by atoms with van der Waals surface area (Å²) in [5, 5.41) is 3.30. The number of carbonyl (C=O) groups excluding carboxylic acids is 1. The first-order valence-electron chi connectivity index (χ1n) is 8.72. The third-order valence-corrected chi connectivity index (χ3v) is 5.07. The van der Waals surface area contributed by atoms with Crippen LogP contribution in [-0.4, -0.2) is 39.7 Å². The number of nitrogens with one attached hydrogen (secondary N) is 1. The normalized spacial score (nSPS) is 17.0. The van der Waals surface area contributed by atoms with Gasteiger partial charge in [-0.25, -0.2) is 4.68 Å². The van der Waals surface area contributed by atoms with Gasteiger partial charge in [-0.2, -0.15) is 0 Å². The lowest BCUT2D eigenvalue weighted by molar-refractivity contribution is -0.133. The Hall–Kier alpha value is -2.41. The number of hydrogen-bond donors (Lipinski definition) is 2. The van der Waals surface area contributed by atoms with Crippen LogP contribution in [0, 0.1) is 5.92 Å². The van der Waals surface area contributed by atoms with Crippen LogP contribution in [-0.2, 0) is 11.3 Å². The zero-order chi connectivity index (χ0) is 18.0. The lowest BCUT2D eigenvalue weighted by Gasteiger charge is -2.33. The highest BCUT2D eigenvalue weighted by molar-refractivity contribution is 5.80. The number of benzene rings is 1. The van der Waals surface area contributed by atoms with E-state index < -0.39 is 0 Å². The van der Waals surface area contributed by atoms with E-state index in [9.17, 15) is 14.4 Å². The molecule has 1 aliphatic heterocycles. The van der Waals surface area contributed by atoms with E-state index in [1.54, 1.807) is 24.3 Å². The fourth-order valence-electron chi connectivity index (χ4n) is 3.44. The molecule has 1 aliphatic rings. The Bertz CT molecular complexity index is 876. The summed E-state index contributed by atoms with van der Waals surface area (Å²) < 4.78 is 1.23. The highest BCUT2D eigenvalue weighted by Crippen LogP contribution is 2.20. The van der Waals surface area contributed by atoms with Crippen LogP contribution in [0.2, 0.25) is 0 Å². The summed E-state index contributed by atoms with van der Waals surface area (Å²) in [4.78, 5) is 38.7. The third kappa shape index (κ3) is 3.66. The summed E-state index contributed by atoms with van der Waals surface area (Å²) in [6, 6.07) is 6.84. The third-order valence-electron chi connectivity index (χ3n) is 5.07. The summed E-state index contributed by atoms with van der Waals surface area (Å²) in [7, 11) is 0. The van der Waals surface area contributed by atoms with Crippen LogP contribution >= 0.6 is 0 Å². The van der Waals surface area contributed by atoms with Crippen LogP contribution < -0.4 is 16.9 Å². The monoisotopic (exact) mass is 344 g/mol. The number of H-pyrrole nitrogens is 1. The number of aromatic nitrogens is 2. The topological polar surface area (TPSA) is 101 Å². The van der Waals surface area contributed by atoms with Gasteiger partial charge in [0.05, 0.1) is 17.3 Å². The quantitative estimate of drug-likeness (QED) is 0.851. The van der Waals surface area contributed by atoms with E-state index in [-0.39, 0.29) is 36.0 Å². The van der Waals surface area contributed by atoms with Crippen molar-refractivity contribution in [3.05, 3.63) is 45.0 Å². The molecule has 1 saturated heterocycles. The van der Waals surface area contributed by atoms with E-state index in [1.165, 1.54) is 4.68 Å². The van der Waals surface area contributed by atoms with Crippen LogP contribution in [0.15, 0.2) is 33.9 Å². The number of rotatable bonds is 4. The van der Waals surface area contributed by atoms with Crippen LogP contribution in [0.1, 0.15) is 26.2 Å². The first kappa shape index (κ1) is 17.4. The van der Waals surface area contributed by atoms with Crippen molar-refractivity contribution in [2.24, 2.45) is 11.7 Å². The number of aromatic amines is 1. The number of likely N-dealkylation sites (tertiary alicyclic amines) is 1. The van der Waals surface area contributed by atoms with Gasteiger partial charge in [-0.1, -0.05) is 12.1 Å². The number of fused-ring (bicyclic) bond motifs is 1. The lowest BCUT2D eigenvalue weighted by atomic mass is 9.91. The maximum absolute atomic E-state index is 12.4. The van der Waals surface area contributed by atoms with Crippen molar-refractivity contribution >= 4 is 16.7 Å². The summed E-state index contributed by atoms with van der Waals surface area (Å²) in [6.45, 7) is 3.58. The average Bonchev–Trinajstić information content (AvgIpc) is 2.63. The molecule has 1 aromatic carbocycles. The predicted molar refractivity (Wildman–Crippen MR) is 96.4 cm³/mol. The van der Waals surface area contributed by atoms with Crippen LogP contribution in [0.4, 0.5) is 0 Å². The molecule has 3 rings (SSSR count). The van der Waals surface area contributed by atoms with E-state index in [4.69, 9.17) is 5.73 Å². The SMILES string of the molecule is CC(N)C1CCN(C(=O)CCn2[nH]c(=O)c3ccccc3c2=O)CC1. The number of piperidine rings is 1. The lowest BCUT2D eigenvalue weighted by Crippen LogP contribution is -2.43. The molecule has 0 spiro atoms. The fraction of sp³-hybridized carbons (Fsp3) is 0.500.